The van der Waals surface area contributed by atoms with Gasteiger partial charge in [-0.3, -0.25) is 4.98 Å². The first-order valence-corrected chi connectivity index (χ1v) is 7.70. The van der Waals surface area contributed by atoms with Gasteiger partial charge >= 0.3 is 6.18 Å². The van der Waals surface area contributed by atoms with Gasteiger partial charge in [0.15, 0.2) is 11.9 Å². The summed E-state index contributed by atoms with van der Waals surface area (Å²) in [6, 6.07) is 3.48. The zero-order valence-corrected chi connectivity index (χ0v) is 13.7. The van der Waals surface area contributed by atoms with Crippen LogP contribution >= 0.6 is 0 Å². The number of pyridine rings is 1. The summed E-state index contributed by atoms with van der Waals surface area (Å²) in [7, 11) is 0. The number of halogens is 3. The molecular weight excluding hydrogens is 337 g/mol. The van der Waals surface area contributed by atoms with Crippen molar-refractivity contribution in [2.24, 2.45) is 0 Å². The number of rotatable bonds is 3. The van der Waals surface area contributed by atoms with Crippen molar-refractivity contribution in [3.05, 3.63) is 35.9 Å². The first-order valence-electron chi connectivity index (χ1n) is 7.70. The second-order valence-corrected chi connectivity index (χ2v) is 5.66. The maximum Gasteiger partial charge on any atom is 0.416 e. The van der Waals surface area contributed by atoms with Gasteiger partial charge in [-0.25, -0.2) is 9.97 Å². The molecule has 25 heavy (non-hydrogen) atoms. The molecule has 0 radical (unpaired) electrons. The molecule has 3 heterocycles. The molecule has 1 atom stereocenters. The van der Waals surface area contributed by atoms with Crippen molar-refractivity contribution in [2.75, 3.05) is 24.6 Å². The molecule has 3 rings (SSSR count). The molecule has 2 aromatic rings. The van der Waals surface area contributed by atoms with Crippen LogP contribution in [0.15, 0.2) is 24.7 Å². The molecule has 1 saturated heterocycles. The van der Waals surface area contributed by atoms with Gasteiger partial charge in [-0.1, -0.05) is 0 Å². The summed E-state index contributed by atoms with van der Waals surface area (Å²) in [5.74, 6) is 1.23. The lowest BCUT2D eigenvalue weighted by Gasteiger charge is -2.35. The van der Waals surface area contributed by atoms with Gasteiger partial charge < -0.3 is 14.4 Å². The van der Waals surface area contributed by atoms with Gasteiger partial charge in [-0.05, 0) is 26.0 Å². The van der Waals surface area contributed by atoms with Crippen LogP contribution in [0.1, 0.15) is 11.3 Å². The molecule has 1 aliphatic heterocycles. The number of alkyl halides is 3. The molecule has 2 aromatic heterocycles. The van der Waals surface area contributed by atoms with Crippen molar-refractivity contribution in [2.45, 2.75) is 26.1 Å². The van der Waals surface area contributed by atoms with E-state index in [1.807, 2.05) is 0 Å². The highest BCUT2D eigenvalue weighted by Crippen LogP contribution is 2.32. The van der Waals surface area contributed by atoms with Crippen LogP contribution in [0.5, 0.6) is 11.6 Å². The van der Waals surface area contributed by atoms with Gasteiger partial charge in [0, 0.05) is 12.7 Å². The lowest BCUT2D eigenvalue weighted by Crippen LogP contribution is -2.49. The Labute approximate surface area is 142 Å². The van der Waals surface area contributed by atoms with E-state index in [1.54, 1.807) is 37.1 Å². The Morgan fingerprint density at radius 2 is 2.04 bits per heavy atom. The fourth-order valence-electron chi connectivity index (χ4n) is 2.57. The molecule has 0 bridgehead atoms. The standard InChI is InChI=1S/C16H17F3N4O2/c1-10-14(23-6-7-24-13(8-23)16(17,18)19)21-9-22-15(10)25-12-4-3-5-20-11(12)2/h3-5,9,13H,6-8H2,1-2H3/t13-/m1/s1. The SMILES string of the molecule is Cc1ncccc1Oc1ncnc(N2CCO[C@@H](C(F)(F)F)C2)c1C. The van der Waals surface area contributed by atoms with E-state index in [9.17, 15) is 13.2 Å². The fourth-order valence-corrected chi connectivity index (χ4v) is 2.57. The zero-order valence-electron chi connectivity index (χ0n) is 13.7. The van der Waals surface area contributed by atoms with Crippen molar-refractivity contribution < 1.29 is 22.6 Å². The van der Waals surface area contributed by atoms with Gasteiger partial charge in [0.05, 0.1) is 24.4 Å². The molecule has 0 spiro atoms. The first-order chi connectivity index (χ1) is 11.9. The Hall–Kier alpha value is -2.42. The summed E-state index contributed by atoms with van der Waals surface area (Å²) in [4.78, 5) is 13.9. The van der Waals surface area contributed by atoms with Crippen molar-refractivity contribution in [1.82, 2.24) is 15.0 Å². The molecule has 6 nitrogen and oxygen atoms in total. The Bertz CT molecular complexity index is 754. The zero-order chi connectivity index (χ0) is 18.0. The van der Waals surface area contributed by atoms with Crippen molar-refractivity contribution >= 4 is 5.82 Å². The molecule has 134 valence electrons. The van der Waals surface area contributed by atoms with Crippen LogP contribution in [-0.2, 0) is 4.74 Å². The largest absolute Gasteiger partial charge is 0.437 e. The molecule has 0 aromatic carbocycles. The minimum Gasteiger partial charge on any atom is -0.437 e. The van der Waals surface area contributed by atoms with E-state index in [2.05, 4.69) is 15.0 Å². The van der Waals surface area contributed by atoms with Gasteiger partial charge in [-0.2, -0.15) is 13.2 Å². The number of ether oxygens (including phenoxy) is 2. The van der Waals surface area contributed by atoms with Crippen LogP contribution in [0.2, 0.25) is 0 Å². The summed E-state index contributed by atoms with van der Waals surface area (Å²) in [5.41, 5.74) is 1.25. The van der Waals surface area contributed by atoms with Crippen LogP contribution in [0.4, 0.5) is 19.0 Å². The summed E-state index contributed by atoms with van der Waals surface area (Å²) < 4.78 is 49.4. The third kappa shape index (κ3) is 3.81. The van der Waals surface area contributed by atoms with Crippen molar-refractivity contribution in [3.63, 3.8) is 0 Å². The maximum absolute atomic E-state index is 12.9. The van der Waals surface area contributed by atoms with E-state index < -0.39 is 12.3 Å². The highest BCUT2D eigenvalue weighted by Gasteiger charge is 2.43. The smallest absolute Gasteiger partial charge is 0.416 e. The molecule has 0 amide bonds. The minimum atomic E-state index is -4.41. The summed E-state index contributed by atoms with van der Waals surface area (Å²) in [6.45, 7) is 3.49. The van der Waals surface area contributed by atoms with Crippen LogP contribution in [0.25, 0.3) is 0 Å². The molecule has 0 unspecified atom stereocenters. The molecule has 1 fully saturated rings. The van der Waals surface area contributed by atoms with Crippen LogP contribution < -0.4 is 9.64 Å². The highest BCUT2D eigenvalue weighted by molar-refractivity contribution is 5.51. The normalized spacial score (nSPS) is 18.3. The second-order valence-electron chi connectivity index (χ2n) is 5.66. The Balaban J connectivity index is 1.85. The average molecular weight is 354 g/mol. The number of aromatic nitrogens is 3. The highest BCUT2D eigenvalue weighted by atomic mass is 19.4. The number of aryl methyl sites for hydroxylation is 1. The fraction of sp³-hybridized carbons (Fsp3) is 0.438. The van der Waals surface area contributed by atoms with E-state index in [0.717, 1.165) is 0 Å². The maximum atomic E-state index is 12.9. The molecule has 0 N–H and O–H groups in total. The molecule has 0 aliphatic carbocycles. The van der Waals surface area contributed by atoms with E-state index >= 15 is 0 Å². The quantitative estimate of drug-likeness (QED) is 0.844. The van der Waals surface area contributed by atoms with Crippen LogP contribution in [-0.4, -0.2) is 46.9 Å². The predicted molar refractivity (Wildman–Crippen MR) is 83.8 cm³/mol. The number of hydrogen-bond donors (Lipinski definition) is 0. The van der Waals surface area contributed by atoms with E-state index in [1.165, 1.54) is 6.33 Å². The third-order valence-electron chi connectivity index (χ3n) is 3.91. The van der Waals surface area contributed by atoms with Crippen molar-refractivity contribution in [1.29, 1.82) is 0 Å². The Morgan fingerprint density at radius 1 is 1.24 bits per heavy atom. The topological polar surface area (TPSA) is 60.4 Å². The molecule has 0 saturated carbocycles. The Morgan fingerprint density at radius 3 is 2.76 bits per heavy atom. The molecule has 9 heteroatoms. The van der Waals surface area contributed by atoms with E-state index in [4.69, 9.17) is 9.47 Å². The summed E-state index contributed by atoms with van der Waals surface area (Å²) in [5, 5.41) is 0. The molecule has 1 aliphatic rings. The number of morpholine rings is 1. The van der Waals surface area contributed by atoms with Gasteiger partial charge in [0.1, 0.15) is 12.1 Å². The third-order valence-corrected chi connectivity index (χ3v) is 3.91. The summed E-state index contributed by atoms with van der Waals surface area (Å²) >= 11 is 0. The lowest BCUT2D eigenvalue weighted by molar-refractivity contribution is -0.221. The average Bonchev–Trinajstić information content (AvgIpc) is 2.58. The molecular formula is C16H17F3N4O2. The first kappa shape index (κ1) is 17.4. The van der Waals surface area contributed by atoms with E-state index in [-0.39, 0.29) is 19.0 Å². The number of anilines is 1. The number of hydrogen-bond acceptors (Lipinski definition) is 6. The monoisotopic (exact) mass is 354 g/mol. The van der Waals surface area contributed by atoms with E-state index in [0.29, 0.717) is 29.4 Å². The summed E-state index contributed by atoms with van der Waals surface area (Å²) in [6.07, 6.45) is -3.32. The minimum absolute atomic E-state index is 0.0223. The van der Waals surface area contributed by atoms with Crippen LogP contribution in [0, 0.1) is 13.8 Å². The van der Waals surface area contributed by atoms with Gasteiger partial charge in [-0.15, -0.1) is 0 Å². The van der Waals surface area contributed by atoms with Crippen molar-refractivity contribution in [3.8, 4) is 11.6 Å². The second kappa shape index (κ2) is 6.83. The van der Waals surface area contributed by atoms with Gasteiger partial charge in [0.2, 0.25) is 5.88 Å². The van der Waals surface area contributed by atoms with Gasteiger partial charge in [0.25, 0.3) is 0 Å². The number of nitrogens with zero attached hydrogens (tertiary/aromatic N) is 4. The Kier molecular flexibility index (Phi) is 4.76. The predicted octanol–water partition coefficient (Wildman–Crippen LogP) is 3.05. The lowest BCUT2D eigenvalue weighted by atomic mass is 10.2. The van der Waals surface area contributed by atoms with Crippen LogP contribution in [0.3, 0.4) is 0 Å².